The van der Waals surface area contributed by atoms with Gasteiger partial charge in [0.1, 0.15) is 0 Å². The molecule has 3 nitrogen and oxygen atoms in total. The molecule has 0 saturated carbocycles. The van der Waals surface area contributed by atoms with E-state index < -0.39 is 5.60 Å². The maximum atomic E-state index is 11.9. The van der Waals surface area contributed by atoms with Crippen LogP contribution in [0.1, 0.15) is 25.8 Å². The minimum atomic E-state index is -1.44. The van der Waals surface area contributed by atoms with Crippen LogP contribution in [-0.2, 0) is 10.4 Å². The highest BCUT2D eigenvalue weighted by atomic mass is 16.3. The van der Waals surface area contributed by atoms with Gasteiger partial charge in [-0.15, -0.1) is 0 Å². The van der Waals surface area contributed by atoms with Crippen LogP contribution in [0.15, 0.2) is 30.3 Å². The van der Waals surface area contributed by atoms with Gasteiger partial charge in [-0.2, -0.15) is 0 Å². The Morgan fingerprint density at radius 3 is 2.44 bits per heavy atom. The lowest BCUT2D eigenvalue weighted by molar-refractivity contribution is -0.146. The largest absolute Gasteiger partial charge is 0.375 e. The molecule has 0 bridgehead atoms. The number of amides is 1. The first-order valence-electron chi connectivity index (χ1n) is 5.57. The summed E-state index contributed by atoms with van der Waals surface area (Å²) in [5, 5.41) is 13.1. The Kier molecular flexibility index (Phi) is 4.07. The third-order valence-electron chi connectivity index (χ3n) is 3.11. The molecule has 2 atom stereocenters. The van der Waals surface area contributed by atoms with Crippen LogP contribution in [-0.4, -0.2) is 18.1 Å². The van der Waals surface area contributed by atoms with Gasteiger partial charge in [-0.3, -0.25) is 4.79 Å². The van der Waals surface area contributed by atoms with Gasteiger partial charge in [-0.1, -0.05) is 44.2 Å². The summed E-state index contributed by atoms with van der Waals surface area (Å²) in [4.78, 5) is 11.9. The summed E-state index contributed by atoms with van der Waals surface area (Å²) in [6.45, 7) is 3.84. The topological polar surface area (TPSA) is 49.3 Å². The average molecular weight is 221 g/mol. The number of aliphatic hydroxyl groups is 1. The fourth-order valence-electron chi connectivity index (χ4n) is 1.82. The summed E-state index contributed by atoms with van der Waals surface area (Å²) < 4.78 is 0. The first-order chi connectivity index (χ1) is 7.57. The van der Waals surface area contributed by atoms with E-state index in [1.54, 1.807) is 19.2 Å². The van der Waals surface area contributed by atoms with Crippen LogP contribution in [0, 0.1) is 5.92 Å². The Labute approximate surface area is 96.5 Å². The molecule has 1 aromatic rings. The molecule has 0 aliphatic carbocycles. The molecular weight excluding hydrogens is 202 g/mol. The van der Waals surface area contributed by atoms with Gasteiger partial charge >= 0.3 is 0 Å². The van der Waals surface area contributed by atoms with Crippen molar-refractivity contribution < 1.29 is 9.90 Å². The standard InChI is InChI=1S/C13H19NO2/c1-4-10(2)13(16,12(15)14-3)11-8-6-5-7-9-11/h5-10,16H,4H2,1-3H3,(H,14,15). The molecule has 0 heterocycles. The van der Waals surface area contributed by atoms with E-state index in [-0.39, 0.29) is 11.8 Å². The fraction of sp³-hybridized carbons (Fsp3) is 0.462. The smallest absolute Gasteiger partial charge is 0.256 e. The maximum Gasteiger partial charge on any atom is 0.256 e. The molecule has 1 amide bonds. The minimum Gasteiger partial charge on any atom is -0.375 e. The molecule has 0 aliphatic rings. The predicted molar refractivity (Wildman–Crippen MR) is 63.9 cm³/mol. The molecule has 1 rings (SSSR count). The molecule has 0 aromatic heterocycles. The molecular formula is C13H19NO2. The summed E-state index contributed by atoms with van der Waals surface area (Å²) in [6.07, 6.45) is 0.735. The summed E-state index contributed by atoms with van der Waals surface area (Å²) in [5.41, 5.74) is -0.797. The predicted octanol–water partition coefficient (Wildman–Crippen LogP) is 1.67. The Balaban J connectivity index is 3.20. The van der Waals surface area contributed by atoms with Crippen LogP contribution >= 0.6 is 0 Å². The van der Waals surface area contributed by atoms with Gasteiger partial charge in [0.15, 0.2) is 5.60 Å². The zero-order valence-electron chi connectivity index (χ0n) is 10.0. The van der Waals surface area contributed by atoms with Gasteiger partial charge in [0.05, 0.1) is 0 Å². The first-order valence-corrected chi connectivity index (χ1v) is 5.57. The van der Waals surface area contributed by atoms with E-state index >= 15 is 0 Å². The minimum absolute atomic E-state index is 0.130. The molecule has 3 heteroatoms. The molecule has 0 radical (unpaired) electrons. The number of likely N-dealkylation sites (N-methyl/N-ethyl adjacent to an activating group) is 1. The molecule has 88 valence electrons. The van der Waals surface area contributed by atoms with Crippen molar-refractivity contribution in [1.29, 1.82) is 0 Å². The number of rotatable bonds is 4. The molecule has 0 spiro atoms. The van der Waals surface area contributed by atoms with Crippen LogP contribution in [0.3, 0.4) is 0 Å². The Bertz CT molecular complexity index is 350. The molecule has 1 aromatic carbocycles. The number of nitrogens with one attached hydrogen (secondary N) is 1. The van der Waals surface area contributed by atoms with E-state index in [1.165, 1.54) is 0 Å². The van der Waals surface area contributed by atoms with Crippen LogP contribution < -0.4 is 5.32 Å². The summed E-state index contributed by atoms with van der Waals surface area (Å²) in [6, 6.07) is 9.07. The molecule has 0 fully saturated rings. The lowest BCUT2D eigenvalue weighted by Crippen LogP contribution is -2.47. The van der Waals surface area contributed by atoms with Gasteiger partial charge in [0, 0.05) is 7.05 Å². The SMILES string of the molecule is CCC(C)C(O)(C(=O)NC)c1ccccc1. The van der Waals surface area contributed by atoms with Crippen molar-refractivity contribution in [3.63, 3.8) is 0 Å². The van der Waals surface area contributed by atoms with Crippen LogP contribution in [0.2, 0.25) is 0 Å². The molecule has 0 saturated heterocycles. The number of benzene rings is 1. The monoisotopic (exact) mass is 221 g/mol. The normalized spacial score (nSPS) is 16.2. The lowest BCUT2D eigenvalue weighted by atomic mass is 9.80. The second-order valence-corrected chi connectivity index (χ2v) is 4.02. The highest BCUT2D eigenvalue weighted by molar-refractivity contribution is 5.86. The van der Waals surface area contributed by atoms with E-state index in [0.29, 0.717) is 5.56 Å². The number of hydrogen-bond donors (Lipinski definition) is 2. The van der Waals surface area contributed by atoms with E-state index in [2.05, 4.69) is 5.32 Å². The summed E-state index contributed by atoms with van der Waals surface area (Å²) >= 11 is 0. The van der Waals surface area contributed by atoms with Crippen molar-refractivity contribution in [3.05, 3.63) is 35.9 Å². The third kappa shape index (κ3) is 2.09. The van der Waals surface area contributed by atoms with Gasteiger partial charge in [0.25, 0.3) is 5.91 Å². The van der Waals surface area contributed by atoms with E-state index in [9.17, 15) is 9.90 Å². The summed E-state index contributed by atoms with van der Waals surface area (Å²) in [7, 11) is 1.54. The zero-order chi connectivity index (χ0) is 12.2. The lowest BCUT2D eigenvalue weighted by Gasteiger charge is -2.32. The van der Waals surface area contributed by atoms with Gasteiger partial charge < -0.3 is 10.4 Å². The number of hydrogen-bond acceptors (Lipinski definition) is 2. The van der Waals surface area contributed by atoms with Crippen molar-refractivity contribution >= 4 is 5.91 Å². The van der Waals surface area contributed by atoms with E-state index in [1.807, 2.05) is 32.0 Å². The van der Waals surface area contributed by atoms with Gasteiger partial charge in [-0.05, 0) is 17.9 Å². The second-order valence-electron chi connectivity index (χ2n) is 4.02. The van der Waals surface area contributed by atoms with Crippen LogP contribution in [0.25, 0.3) is 0 Å². The first kappa shape index (κ1) is 12.7. The quantitative estimate of drug-likeness (QED) is 0.812. The van der Waals surface area contributed by atoms with Crippen LogP contribution in [0.4, 0.5) is 0 Å². The average Bonchev–Trinajstić information content (AvgIpc) is 2.36. The van der Waals surface area contributed by atoms with E-state index in [0.717, 1.165) is 6.42 Å². The number of carbonyl (C=O) groups excluding carboxylic acids is 1. The van der Waals surface area contributed by atoms with Gasteiger partial charge in [0.2, 0.25) is 0 Å². The number of carbonyl (C=O) groups is 1. The molecule has 2 N–H and O–H groups in total. The van der Waals surface area contributed by atoms with Crippen LogP contribution in [0.5, 0.6) is 0 Å². The Morgan fingerprint density at radius 1 is 1.44 bits per heavy atom. The molecule has 0 aliphatic heterocycles. The Morgan fingerprint density at radius 2 is 2.00 bits per heavy atom. The van der Waals surface area contributed by atoms with Crippen molar-refractivity contribution in [2.75, 3.05) is 7.05 Å². The highest BCUT2D eigenvalue weighted by Crippen LogP contribution is 2.31. The van der Waals surface area contributed by atoms with Crippen molar-refractivity contribution in [1.82, 2.24) is 5.32 Å². The fourth-order valence-corrected chi connectivity index (χ4v) is 1.82. The maximum absolute atomic E-state index is 11.9. The van der Waals surface area contributed by atoms with Gasteiger partial charge in [-0.25, -0.2) is 0 Å². The van der Waals surface area contributed by atoms with Crippen molar-refractivity contribution in [2.45, 2.75) is 25.9 Å². The molecule has 16 heavy (non-hydrogen) atoms. The van der Waals surface area contributed by atoms with Crippen molar-refractivity contribution in [2.24, 2.45) is 5.92 Å². The van der Waals surface area contributed by atoms with E-state index in [4.69, 9.17) is 0 Å². The third-order valence-corrected chi connectivity index (χ3v) is 3.11. The Hall–Kier alpha value is -1.35. The summed E-state index contributed by atoms with van der Waals surface area (Å²) in [5.74, 6) is -0.483. The second kappa shape index (κ2) is 5.12. The van der Waals surface area contributed by atoms with Crippen molar-refractivity contribution in [3.8, 4) is 0 Å². The zero-order valence-corrected chi connectivity index (χ0v) is 10.0. The highest BCUT2D eigenvalue weighted by Gasteiger charge is 2.41. The molecule has 2 unspecified atom stereocenters.